The van der Waals surface area contributed by atoms with Gasteiger partial charge in [-0.3, -0.25) is 14.7 Å². The summed E-state index contributed by atoms with van der Waals surface area (Å²) in [5.74, 6) is 0. The van der Waals surface area contributed by atoms with Gasteiger partial charge in [0.1, 0.15) is 0 Å². The number of hydrogen-bond acceptors (Lipinski definition) is 7. The highest BCUT2D eigenvalue weighted by atomic mass is 16.3. The maximum atomic E-state index is 9.55. The number of aliphatic hydroxyl groups is 2. The zero-order valence-corrected chi connectivity index (χ0v) is 12.8. The van der Waals surface area contributed by atoms with Crippen LogP contribution in [0.2, 0.25) is 0 Å². The molecule has 0 aromatic carbocycles. The second-order valence-electron chi connectivity index (χ2n) is 5.76. The monoisotopic (exact) mass is 289 g/mol. The van der Waals surface area contributed by atoms with E-state index in [2.05, 4.69) is 20.0 Å². The highest BCUT2D eigenvalue weighted by Crippen LogP contribution is 2.08. The molecule has 1 fully saturated rings. The molecule has 1 aliphatic heterocycles. The summed E-state index contributed by atoms with van der Waals surface area (Å²) in [5, 5.41) is 22.4. The van der Waals surface area contributed by atoms with Gasteiger partial charge in [0.25, 0.3) is 0 Å². The van der Waals surface area contributed by atoms with Crippen LogP contribution < -0.4 is 11.1 Å². The summed E-state index contributed by atoms with van der Waals surface area (Å²) in [6.07, 6.45) is -0.669. The van der Waals surface area contributed by atoms with Crippen molar-refractivity contribution in [1.82, 2.24) is 20.0 Å². The predicted octanol–water partition coefficient (Wildman–Crippen LogP) is -1.91. The minimum absolute atomic E-state index is 0.335. The number of aliphatic hydroxyl groups excluding tert-OH is 2. The molecule has 0 radical (unpaired) electrons. The van der Waals surface area contributed by atoms with Gasteiger partial charge in [-0.05, 0) is 13.8 Å². The van der Waals surface area contributed by atoms with Crippen molar-refractivity contribution in [1.29, 1.82) is 0 Å². The lowest BCUT2D eigenvalue weighted by Crippen LogP contribution is -2.58. The van der Waals surface area contributed by atoms with Crippen LogP contribution in [0.25, 0.3) is 0 Å². The van der Waals surface area contributed by atoms with Gasteiger partial charge in [0.15, 0.2) is 0 Å². The first-order chi connectivity index (χ1) is 9.51. The van der Waals surface area contributed by atoms with E-state index >= 15 is 0 Å². The van der Waals surface area contributed by atoms with E-state index < -0.39 is 0 Å². The molecule has 5 N–H and O–H groups in total. The van der Waals surface area contributed by atoms with Crippen LogP contribution >= 0.6 is 0 Å². The van der Waals surface area contributed by atoms with E-state index in [9.17, 15) is 10.2 Å². The fourth-order valence-corrected chi connectivity index (χ4v) is 2.57. The van der Waals surface area contributed by atoms with E-state index in [1.807, 2.05) is 0 Å². The molecule has 1 saturated heterocycles. The highest BCUT2D eigenvalue weighted by Gasteiger charge is 2.24. The van der Waals surface area contributed by atoms with Crippen molar-refractivity contribution in [3.05, 3.63) is 0 Å². The van der Waals surface area contributed by atoms with E-state index in [1.165, 1.54) is 0 Å². The SMILES string of the molecule is CC(O)CN1CN(CCNCCN)CN(CC(C)O)C1. The van der Waals surface area contributed by atoms with Crippen LogP contribution in [0.5, 0.6) is 0 Å². The van der Waals surface area contributed by atoms with Crippen LogP contribution in [-0.4, -0.2) is 96.4 Å². The Morgan fingerprint density at radius 1 is 0.950 bits per heavy atom. The third-order valence-corrected chi connectivity index (χ3v) is 3.17. The number of β-amino-alcohol motifs (C(OH)–C–C–N with tert-alkyl or cyclic N) is 2. The average Bonchev–Trinajstić information content (AvgIpc) is 2.32. The number of rotatable bonds is 9. The maximum Gasteiger partial charge on any atom is 0.0640 e. The van der Waals surface area contributed by atoms with Gasteiger partial charge in [0.05, 0.1) is 32.2 Å². The van der Waals surface area contributed by atoms with Crippen molar-refractivity contribution in [3.8, 4) is 0 Å². The van der Waals surface area contributed by atoms with Crippen LogP contribution in [0.4, 0.5) is 0 Å². The first kappa shape index (κ1) is 17.8. The summed E-state index contributed by atoms with van der Waals surface area (Å²) in [6.45, 7) is 10.8. The van der Waals surface area contributed by atoms with Gasteiger partial charge in [-0.2, -0.15) is 0 Å². The first-order valence-electron chi connectivity index (χ1n) is 7.45. The maximum absolute atomic E-state index is 9.55. The molecule has 0 aromatic rings. The zero-order chi connectivity index (χ0) is 15.0. The van der Waals surface area contributed by atoms with Crippen LogP contribution in [-0.2, 0) is 0 Å². The quantitative estimate of drug-likeness (QED) is 0.368. The van der Waals surface area contributed by atoms with Gasteiger partial charge in [0, 0.05) is 39.3 Å². The third-order valence-electron chi connectivity index (χ3n) is 3.17. The lowest BCUT2D eigenvalue weighted by molar-refractivity contribution is -0.0556. The molecule has 0 bridgehead atoms. The summed E-state index contributed by atoms with van der Waals surface area (Å²) in [4.78, 5) is 6.73. The Morgan fingerprint density at radius 3 is 1.90 bits per heavy atom. The Morgan fingerprint density at radius 2 is 1.45 bits per heavy atom. The smallest absolute Gasteiger partial charge is 0.0640 e. The Balaban J connectivity index is 2.41. The fourth-order valence-electron chi connectivity index (χ4n) is 2.57. The second-order valence-corrected chi connectivity index (χ2v) is 5.76. The van der Waals surface area contributed by atoms with Crippen LogP contribution in [0, 0.1) is 0 Å². The summed E-state index contributed by atoms with van der Waals surface area (Å²) in [5.41, 5.74) is 5.45. The summed E-state index contributed by atoms with van der Waals surface area (Å²) < 4.78 is 0. The molecule has 7 nitrogen and oxygen atoms in total. The van der Waals surface area contributed by atoms with Crippen LogP contribution in [0.3, 0.4) is 0 Å². The minimum Gasteiger partial charge on any atom is -0.392 e. The number of nitrogens with one attached hydrogen (secondary N) is 1. The van der Waals surface area contributed by atoms with Crippen LogP contribution in [0.1, 0.15) is 13.8 Å². The van der Waals surface area contributed by atoms with E-state index in [1.54, 1.807) is 13.8 Å². The van der Waals surface area contributed by atoms with Gasteiger partial charge in [-0.15, -0.1) is 0 Å². The van der Waals surface area contributed by atoms with Crippen molar-refractivity contribution in [3.63, 3.8) is 0 Å². The molecule has 7 heteroatoms. The number of nitrogens with two attached hydrogens (primary N) is 1. The van der Waals surface area contributed by atoms with E-state index in [0.717, 1.165) is 39.6 Å². The summed E-state index contributed by atoms with van der Waals surface area (Å²) in [7, 11) is 0. The molecule has 1 rings (SSSR count). The molecule has 20 heavy (non-hydrogen) atoms. The number of hydrogen-bond donors (Lipinski definition) is 4. The van der Waals surface area contributed by atoms with Crippen molar-refractivity contribution in [2.24, 2.45) is 5.73 Å². The van der Waals surface area contributed by atoms with Gasteiger partial charge in [-0.25, -0.2) is 0 Å². The van der Waals surface area contributed by atoms with Gasteiger partial charge >= 0.3 is 0 Å². The normalized spacial score (nSPS) is 22.1. The van der Waals surface area contributed by atoms with Gasteiger partial charge in [0.2, 0.25) is 0 Å². The molecular weight excluding hydrogens is 258 g/mol. The largest absolute Gasteiger partial charge is 0.392 e. The lowest BCUT2D eigenvalue weighted by Gasteiger charge is -2.43. The van der Waals surface area contributed by atoms with Gasteiger partial charge in [-0.1, -0.05) is 0 Å². The number of nitrogens with zero attached hydrogens (tertiary/aromatic N) is 3. The van der Waals surface area contributed by atoms with Gasteiger partial charge < -0.3 is 21.3 Å². The zero-order valence-electron chi connectivity index (χ0n) is 12.8. The summed E-state index contributed by atoms with van der Waals surface area (Å²) >= 11 is 0. The van der Waals surface area contributed by atoms with E-state index in [0.29, 0.717) is 19.6 Å². The molecule has 2 unspecified atom stereocenters. The molecule has 1 heterocycles. The third kappa shape index (κ3) is 7.49. The average molecular weight is 289 g/mol. The van der Waals surface area contributed by atoms with Crippen molar-refractivity contribution < 1.29 is 10.2 Å². The first-order valence-corrected chi connectivity index (χ1v) is 7.45. The highest BCUT2D eigenvalue weighted by molar-refractivity contribution is 4.73. The Kier molecular flexibility index (Phi) is 8.55. The van der Waals surface area contributed by atoms with Crippen molar-refractivity contribution in [2.75, 3.05) is 59.3 Å². The molecular formula is C13H31N5O2. The lowest BCUT2D eigenvalue weighted by atomic mass is 10.3. The molecule has 120 valence electrons. The molecule has 0 spiro atoms. The second kappa shape index (κ2) is 9.62. The van der Waals surface area contributed by atoms with Crippen molar-refractivity contribution in [2.45, 2.75) is 26.1 Å². The minimum atomic E-state index is -0.335. The summed E-state index contributed by atoms with van der Waals surface area (Å²) in [6, 6.07) is 0. The Labute approximate surface area is 122 Å². The van der Waals surface area contributed by atoms with Crippen molar-refractivity contribution >= 4 is 0 Å². The topological polar surface area (TPSA) is 88.2 Å². The molecule has 0 amide bonds. The molecule has 1 aliphatic rings. The van der Waals surface area contributed by atoms with Crippen LogP contribution in [0.15, 0.2) is 0 Å². The Bertz CT molecular complexity index is 235. The fraction of sp³-hybridized carbons (Fsp3) is 1.00. The predicted molar refractivity (Wildman–Crippen MR) is 80.0 cm³/mol. The molecule has 2 atom stereocenters. The Hall–Kier alpha value is -0.280. The standard InChI is InChI=1S/C13H31N5O2/c1-12(19)7-17-9-16(6-5-15-4-3-14)10-18(11-17)8-13(2)20/h12-13,15,19-20H,3-11,14H2,1-2H3. The molecule has 0 aromatic heterocycles. The van der Waals surface area contributed by atoms with E-state index in [4.69, 9.17) is 5.73 Å². The molecule has 0 aliphatic carbocycles. The van der Waals surface area contributed by atoms with E-state index in [-0.39, 0.29) is 12.2 Å². The molecule has 0 saturated carbocycles.